The van der Waals surface area contributed by atoms with E-state index in [0.29, 0.717) is 6.54 Å². The minimum Gasteiger partial charge on any atom is -0.337 e. The first-order valence-electron chi connectivity index (χ1n) is 6.89. The molecule has 2 aromatic rings. The van der Waals surface area contributed by atoms with Gasteiger partial charge >= 0.3 is 0 Å². The molecule has 0 radical (unpaired) electrons. The molecule has 1 heterocycles. The third-order valence-electron chi connectivity index (χ3n) is 3.13. The van der Waals surface area contributed by atoms with Crippen molar-refractivity contribution in [3.05, 3.63) is 29.8 Å². The molecule has 2 rings (SSSR count). The number of carbonyl (C=O) groups is 1. The van der Waals surface area contributed by atoms with Gasteiger partial charge in [-0.25, -0.2) is 0 Å². The molecule has 0 bridgehead atoms. The molecule has 4 heteroatoms. The molecule has 1 aromatic heterocycles. The number of para-hydroxylation sites is 1. The van der Waals surface area contributed by atoms with Crippen molar-refractivity contribution in [2.75, 3.05) is 13.1 Å². The van der Waals surface area contributed by atoms with E-state index >= 15 is 0 Å². The molecular weight excluding hydrogens is 256 g/mol. The van der Waals surface area contributed by atoms with Crippen molar-refractivity contribution < 1.29 is 9.36 Å². The lowest BCUT2D eigenvalue weighted by molar-refractivity contribution is -0.654. The standard InChI is InChI=1S/C15H21N2OS/c1-3-9-16(10-4-2)15(18)11-17-12-19-14-8-6-5-7-13(14)17/h5-8,12H,3-4,9-11H2,1-2H3/q+1. The second-order valence-corrected chi connectivity index (χ2v) is 5.59. The van der Waals surface area contributed by atoms with E-state index in [1.807, 2.05) is 22.5 Å². The van der Waals surface area contributed by atoms with Gasteiger partial charge in [0.15, 0.2) is 0 Å². The van der Waals surface area contributed by atoms with Gasteiger partial charge in [-0.3, -0.25) is 4.79 Å². The molecule has 0 saturated carbocycles. The SMILES string of the molecule is CCCN(CCC)C(=O)C[n+]1csc2ccccc21. The van der Waals surface area contributed by atoms with Crippen molar-refractivity contribution in [3.8, 4) is 0 Å². The van der Waals surface area contributed by atoms with Crippen LogP contribution in [0.3, 0.4) is 0 Å². The quantitative estimate of drug-likeness (QED) is 0.745. The molecule has 0 fully saturated rings. The fourth-order valence-corrected chi connectivity index (χ4v) is 3.13. The van der Waals surface area contributed by atoms with Gasteiger partial charge in [0.05, 0.1) is 0 Å². The van der Waals surface area contributed by atoms with Gasteiger partial charge in [-0.1, -0.05) is 37.3 Å². The predicted molar refractivity (Wildman–Crippen MR) is 79.2 cm³/mol. The number of rotatable bonds is 6. The largest absolute Gasteiger partial charge is 0.337 e. The van der Waals surface area contributed by atoms with Crippen molar-refractivity contribution in [1.29, 1.82) is 0 Å². The maximum Gasteiger partial charge on any atom is 0.288 e. The first-order chi connectivity index (χ1) is 9.26. The smallest absolute Gasteiger partial charge is 0.288 e. The van der Waals surface area contributed by atoms with Crippen molar-refractivity contribution >= 4 is 27.5 Å². The normalized spacial score (nSPS) is 10.8. The molecule has 0 saturated heterocycles. The fourth-order valence-electron chi connectivity index (χ4n) is 2.24. The molecule has 0 N–H and O–H groups in total. The van der Waals surface area contributed by atoms with Crippen LogP contribution in [0.1, 0.15) is 26.7 Å². The summed E-state index contributed by atoms with van der Waals surface area (Å²) in [5.74, 6) is 0.220. The van der Waals surface area contributed by atoms with Crippen molar-refractivity contribution in [2.24, 2.45) is 0 Å². The van der Waals surface area contributed by atoms with Gasteiger partial charge in [-0.15, -0.1) is 0 Å². The molecule has 0 spiro atoms. The second-order valence-electron chi connectivity index (χ2n) is 4.70. The maximum atomic E-state index is 12.3. The van der Waals surface area contributed by atoms with E-state index in [-0.39, 0.29) is 5.91 Å². The minimum absolute atomic E-state index is 0.220. The molecule has 0 atom stereocenters. The molecule has 1 aromatic carbocycles. The first-order valence-corrected chi connectivity index (χ1v) is 7.77. The molecule has 19 heavy (non-hydrogen) atoms. The third kappa shape index (κ3) is 3.32. The first kappa shape index (κ1) is 14.0. The van der Waals surface area contributed by atoms with Crippen LogP contribution in [0.5, 0.6) is 0 Å². The topological polar surface area (TPSA) is 24.2 Å². The molecule has 0 aliphatic rings. The number of amides is 1. The number of aromatic nitrogens is 1. The van der Waals surface area contributed by atoms with Crippen molar-refractivity contribution in [1.82, 2.24) is 4.90 Å². The summed E-state index contributed by atoms with van der Waals surface area (Å²) in [5, 5.41) is 0. The van der Waals surface area contributed by atoms with Crippen LogP contribution in [-0.4, -0.2) is 23.9 Å². The van der Waals surface area contributed by atoms with Crippen LogP contribution in [-0.2, 0) is 11.3 Å². The van der Waals surface area contributed by atoms with E-state index in [2.05, 4.69) is 30.5 Å². The van der Waals surface area contributed by atoms with Gasteiger partial charge in [0.1, 0.15) is 4.70 Å². The lowest BCUT2D eigenvalue weighted by atomic mass is 10.3. The summed E-state index contributed by atoms with van der Waals surface area (Å²) in [6, 6.07) is 8.22. The highest BCUT2D eigenvalue weighted by atomic mass is 32.1. The molecule has 1 amide bonds. The Morgan fingerprint density at radius 3 is 2.58 bits per heavy atom. The number of nitrogens with zero attached hydrogens (tertiary/aromatic N) is 2. The monoisotopic (exact) mass is 277 g/mol. The van der Waals surface area contributed by atoms with E-state index in [4.69, 9.17) is 0 Å². The Labute approximate surface area is 118 Å². The fraction of sp³-hybridized carbons (Fsp3) is 0.467. The number of fused-ring (bicyclic) bond motifs is 1. The molecule has 3 nitrogen and oxygen atoms in total. The van der Waals surface area contributed by atoms with E-state index in [0.717, 1.165) is 31.4 Å². The number of thiazole rings is 1. The van der Waals surface area contributed by atoms with Gasteiger partial charge < -0.3 is 4.90 Å². The highest BCUT2D eigenvalue weighted by Gasteiger charge is 2.19. The molecule has 102 valence electrons. The van der Waals surface area contributed by atoms with Crippen LogP contribution in [0.2, 0.25) is 0 Å². The maximum absolute atomic E-state index is 12.3. The van der Waals surface area contributed by atoms with Crippen LogP contribution in [0.25, 0.3) is 10.2 Å². The highest BCUT2D eigenvalue weighted by molar-refractivity contribution is 7.16. The van der Waals surface area contributed by atoms with Crippen LogP contribution >= 0.6 is 11.3 Å². The average Bonchev–Trinajstić information content (AvgIpc) is 2.82. The molecule has 0 aliphatic heterocycles. The predicted octanol–water partition coefficient (Wildman–Crippen LogP) is 2.84. The Bertz CT molecular complexity index is 544. The van der Waals surface area contributed by atoms with Crippen LogP contribution in [0.4, 0.5) is 0 Å². The Hall–Kier alpha value is -1.42. The Kier molecular flexibility index (Phi) is 4.91. The molecular formula is C15H21N2OS+. The summed E-state index contributed by atoms with van der Waals surface area (Å²) in [6.45, 7) is 6.39. The van der Waals surface area contributed by atoms with Crippen LogP contribution in [0.15, 0.2) is 29.8 Å². The number of hydrogen-bond acceptors (Lipinski definition) is 2. The van der Waals surface area contributed by atoms with Crippen LogP contribution < -0.4 is 4.57 Å². The van der Waals surface area contributed by atoms with Gasteiger partial charge in [0.25, 0.3) is 5.91 Å². The third-order valence-corrected chi connectivity index (χ3v) is 4.09. The van der Waals surface area contributed by atoms with Gasteiger partial charge in [-0.05, 0) is 18.9 Å². The zero-order chi connectivity index (χ0) is 13.7. The number of hydrogen-bond donors (Lipinski definition) is 0. The average molecular weight is 277 g/mol. The Morgan fingerprint density at radius 1 is 1.21 bits per heavy atom. The summed E-state index contributed by atoms with van der Waals surface area (Å²) < 4.78 is 3.29. The summed E-state index contributed by atoms with van der Waals surface area (Å²) >= 11 is 1.69. The van der Waals surface area contributed by atoms with E-state index in [1.165, 1.54) is 4.70 Å². The minimum atomic E-state index is 0.220. The van der Waals surface area contributed by atoms with Gasteiger partial charge in [-0.2, -0.15) is 4.57 Å². The van der Waals surface area contributed by atoms with Crippen LogP contribution in [0, 0.1) is 0 Å². The lowest BCUT2D eigenvalue weighted by Gasteiger charge is -2.19. The highest BCUT2D eigenvalue weighted by Crippen LogP contribution is 2.15. The van der Waals surface area contributed by atoms with E-state index in [9.17, 15) is 4.79 Å². The summed E-state index contributed by atoms with van der Waals surface area (Å²) in [6.07, 6.45) is 2.03. The molecule has 0 unspecified atom stereocenters. The zero-order valence-electron chi connectivity index (χ0n) is 11.6. The van der Waals surface area contributed by atoms with Crippen molar-refractivity contribution in [2.45, 2.75) is 33.2 Å². The number of carbonyl (C=O) groups excluding carboxylic acids is 1. The second kappa shape index (κ2) is 6.66. The van der Waals surface area contributed by atoms with E-state index < -0.39 is 0 Å². The zero-order valence-corrected chi connectivity index (χ0v) is 12.4. The van der Waals surface area contributed by atoms with E-state index in [1.54, 1.807) is 11.3 Å². The van der Waals surface area contributed by atoms with Crippen molar-refractivity contribution in [3.63, 3.8) is 0 Å². The number of benzene rings is 1. The lowest BCUT2D eigenvalue weighted by Crippen LogP contribution is -2.44. The molecule has 0 aliphatic carbocycles. The summed E-state index contributed by atoms with van der Waals surface area (Å²) in [7, 11) is 0. The Balaban J connectivity index is 2.13. The van der Waals surface area contributed by atoms with Gasteiger partial charge in [0.2, 0.25) is 17.6 Å². The Morgan fingerprint density at radius 2 is 1.89 bits per heavy atom. The summed E-state index contributed by atoms with van der Waals surface area (Å²) in [5.41, 5.74) is 3.19. The summed E-state index contributed by atoms with van der Waals surface area (Å²) in [4.78, 5) is 14.3. The van der Waals surface area contributed by atoms with Gasteiger partial charge in [0, 0.05) is 19.2 Å².